The maximum absolute atomic E-state index is 12.6. The molecular formula is C26H22F3NO4. The molecule has 3 aromatic carbocycles. The largest absolute Gasteiger partial charge is 0.573 e. The van der Waals surface area contributed by atoms with Crippen molar-refractivity contribution < 1.29 is 32.9 Å². The van der Waals surface area contributed by atoms with E-state index >= 15 is 0 Å². The van der Waals surface area contributed by atoms with Crippen molar-refractivity contribution in [3.05, 3.63) is 95.1 Å². The zero-order valence-corrected chi connectivity index (χ0v) is 18.2. The molecule has 0 saturated carbocycles. The Morgan fingerprint density at radius 3 is 2.35 bits per heavy atom. The number of halogens is 3. The summed E-state index contributed by atoms with van der Waals surface area (Å²) in [6.45, 7) is 2.02. The summed E-state index contributed by atoms with van der Waals surface area (Å²) >= 11 is 0. The van der Waals surface area contributed by atoms with Crippen LogP contribution in [0.25, 0.3) is 6.08 Å². The van der Waals surface area contributed by atoms with Gasteiger partial charge in [-0.3, -0.25) is 0 Å². The van der Waals surface area contributed by atoms with E-state index in [0.717, 1.165) is 34.0 Å². The van der Waals surface area contributed by atoms with E-state index in [0.29, 0.717) is 6.42 Å². The number of carboxylic acids is 1. The van der Waals surface area contributed by atoms with Gasteiger partial charge in [0, 0.05) is 17.8 Å². The van der Waals surface area contributed by atoms with Crippen LogP contribution in [0.4, 0.5) is 18.9 Å². The Bertz CT molecular complexity index is 1200. The standard InChI is InChI=1S/C26H22F3NO4/c1-16-14-19-15-21(31)9-12-23(19)25(18-5-2-17(3-6-18)4-13-24(32)33)30(16)20-7-10-22(11-8-20)34-26(27,28)29/h2-13,15-16,25,31H,14H2,1H3,(H,32,33)/b13-4+/t16-,25-/m1/s1. The van der Waals surface area contributed by atoms with Gasteiger partial charge in [0.1, 0.15) is 11.5 Å². The molecule has 0 saturated heterocycles. The number of ether oxygens (including phenoxy) is 1. The second kappa shape index (κ2) is 9.13. The number of alkyl halides is 3. The molecule has 1 aliphatic heterocycles. The minimum absolute atomic E-state index is 0.0275. The minimum Gasteiger partial charge on any atom is -0.508 e. The fourth-order valence-electron chi connectivity index (χ4n) is 4.38. The first-order valence-corrected chi connectivity index (χ1v) is 10.6. The second-order valence-corrected chi connectivity index (χ2v) is 8.13. The molecule has 0 aromatic heterocycles. The predicted octanol–water partition coefficient (Wildman–Crippen LogP) is 5.93. The van der Waals surface area contributed by atoms with E-state index in [4.69, 9.17) is 5.11 Å². The number of anilines is 1. The van der Waals surface area contributed by atoms with Gasteiger partial charge in [-0.2, -0.15) is 0 Å². The quantitative estimate of drug-likeness (QED) is 0.454. The van der Waals surface area contributed by atoms with Crippen molar-refractivity contribution in [3.8, 4) is 11.5 Å². The van der Waals surface area contributed by atoms with Gasteiger partial charge in [0.05, 0.1) is 6.04 Å². The Labute approximate surface area is 194 Å². The first-order valence-electron chi connectivity index (χ1n) is 10.6. The van der Waals surface area contributed by atoms with Gasteiger partial charge in [0.15, 0.2) is 0 Å². The number of fused-ring (bicyclic) bond motifs is 1. The molecule has 0 aliphatic carbocycles. The maximum atomic E-state index is 12.6. The summed E-state index contributed by atoms with van der Waals surface area (Å²) in [5, 5.41) is 18.9. The van der Waals surface area contributed by atoms with Gasteiger partial charge in [-0.15, -0.1) is 13.2 Å². The molecule has 4 rings (SSSR count). The molecule has 2 N–H and O–H groups in total. The Kier molecular flexibility index (Phi) is 6.24. The van der Waals surface area contributed by atoms with Crippen LogP contribution in [0.5, 0.6) is 11.5 Å². The van der Waals surface area contributed by atoms with Crippen molar-refractivity contribution >= 4 is 17.7 Å². The summed E-state index contributed by atoms with van der Waals surface area (Å²) in [5.41, 5.74) is 4.32. The maximum Gasteiger partial charge on any atom is 0.573 e. The van der Waals surface area contributed by atoms with Crippen molar-refractivity contribution in [2.45, 2.75) is 31.8 Å². The molecular weight excluding hydrogens is 447 g/mol. The first-order chi connectivity index (χ1) is 16.1. The molecule has 0 fully saturated rings. The summed E-state index contributed by atoms with van der Waals surface area (Å²) < 4.78 is 41.8. The zero-order valence-electron chi connectivity index (χ0n) is 18.2. The molecule has 5 nitrogen and oxygen atoms in total. The number of phenolic OH excluding ortho intramolecular Hbond substituents is 1. The molecule has 0 spiro atoms. The Balaban J connectivity index is 1.75. The number of rotatable bonds is 5. The molecule has 0 unspecified atom stereocenters. The highest BCUT2D eigenvalue weighted by molar-refractivity contribution is 5.85. The Hall–Kier alpha value is -3.94. The molecule has 8 heteroatoms. The highest BCUT2D eigenvalue weighted by atomic mass is 19.4. The van der Waals surface area contributed by atoms with Crippen molar-refractivity contribution in [1.29, 1.82) is 0 Å². The normalized spacial score (nSPS) is 18.1. The number of aliphatic carboxylic acids is 1. The summed E-state index contributed by atoms with van der Waals surface area (Å²) in [6, 6.07) is 18.1. The highest BCUT2D eigenvalue weighted by Crippen LogP contribution is 2.42. The van der Waals surface area contributed by atoms with Crippen LogP contribution in [0.15, 0.2) is 72.8 Å². The predicted molar refractivity (Wildman–Crippen MR) is 122 cm³/mol. The van der Waals surface area contributed by atoms with Gasteiger partial charge < -0.3 is 19.8 Å². The van der Waals surface area contributed by atoms with Gasteiger partial charge >= 0.3 is 12.3 Å². The molecule has 3 aromatic rings. The number of carboxylic acid groups (broad SMARTS) is 1. The summed E-state index contributed by atoms with van der Waals surface area (Å²) in [4.78, 5) is 12.9. The van der Waals surface area contributed by atoms with Gasteiger partial charge in [-0.25, -0.2) is 4.79 Å². The third kappa shape index (κ3) is 5.17. The highest BCUT2D eigenvalue weighted by Gasteiger charge is 2.34. The summed E-state index contributed by atoms with van der Waals surface area (Å²) in [7, 11) is 0. The van der Waals surface area contributed by atoms with Crippen molar-refractivity contribution in [2.24, 2.45) is 0 Å². The third-order valence-electron chi connectivity index (χ3n) is 5.73. The molecule has 0 amide bonds. The number of hydrogen-bond donors (Lipinski definition) is 2. The monoisotopic (exact) mass is 469 g/mol. The molecule has 34 heavy (non-hydrogen) atoms. The second-order valence-electron chi connectivity index (χ2n) is 8.13. The lowest BCUT2D eigenvalue weighted by atomic mass is 9.84. The fourth-order valence-corrected chi connectivity index (χ4v) is 4.38. The average molecular weight is 469 g/mol. The van der Waals surface area contributed by atoms with Crippen LogP contribution in [0, 0.1) is 0 Å². The van der Waals surface area contributed by atoms with Crippen molar-refractivity contribution in [3.63, 3.8) is 0 Å². The van der Waals surface area contributed by atoms with E-state index in [2.05, 4.69) is 9.64 Å². The molecule has 0 bridgehead atoms. The van der Waals surface area contributed by atoms with Crippen LogP contribution in [-0.2, 0) is 11.2 Å². The Morgan fingerprint density at radius 1 is 1.06 bits per heavy atom. The summed E-state index contributed by atoms with van der Waals surface area (Å²) in [5.74, 6) is -1.17. The zero-order chi connectivity index (χ0) is 24.5. The lowest BCUT2D eigenvalue weighted by Gasteiger charge is -2.44. The smallest absolute Gasteiger partial charge is 0.508 e. The topological polar surface area (TPSA) is 70.0 Å². The van der Waals surface area contributed by atoms with Gasteiger partial charge in [0.2, 0.25) is 0 Å². The third-order valence-corrected chi connectivity index (χ3v) is 5.73. The molecule has 1 aliphatic rings. The number of benzene rings is 3. The molecule has 176 valence electrons. The van der Waals surface area contributed by atoms with Crippen LogP contribution in [0.1, 0.15) is 35.2 Å². The van der Waals surface area contributed by atoms with Crippen LogP contribution in [0.3, 0.4) is 0 Å². The number of nitrogens with zero attached hydrogens (tertiary/aromatic N) is 1. The van der Waals surface area contributed by atoms with E-state index < -0.39 is 12.3 Å². The summed E-state index contributed by atoms with van der Waals surface area (Å²) in [6.07, 6.45) is -1.56. The van der Waals surface area contributed by atoms with Gasteiger partial charge in [-0.1, -0.05) is 30.3 Å². The van der Waals surface area contributed by atoms with Crippen molar-refractivity contribution in [2.75, 3.05) is 4.90 Å². The molecule has 2 atom stereocenters. The van der Waals surface area contributed by atoms with Crippen LogP contribution >= 0.6 is 0 Å². The first kappa shape index (κ1) is 23.2. The minimum atomic E-state index is -4.76. The molecule has 1 heterocycles. The fraction of sp³-hybridized carbons (Fsp3) is 0.192. The lowest BCUT2D eigenvalue weighted by molar-refractivity contribution is -0.274. The number of hydrogen-bond acceptors (Lipinski definition) is 4. The average Bonchev–Trinajstić information content (AvgIpc) is 2.77. The van der Waals surface area contributed by atoms with Crippen LogP contribution in [0.2, 0.25) is 0 Å². The number of phenols is 1. The van der Waals surface area contributed by atoms with E-state index in [1.165, 1.54) is 18.2 Å². The Morgan fingerprint density at radius 2 is 1.74 bits per heavy atom. The van der Waals surface area contributed by atoms with Crippen LogP contribution in [-0.4, -0.2) is 28.6 Å². The number of carbonyl (C=O) groups is 1. The van der Waals surface area contributed by atoms with E-state index in [9.17, 15) is 23.1 Å². The SMILES string of the molecule is C[C@@H]1Cc2cc(O)ccc2[C@@H](c2ccc(/C=C/C(=O)O)cc2)N1c1ccc(OC(F)(F)F)cc1. The van der Waals surface area contributed by atoms with E-state index in [-0.39, 0.29) is 23.6 Å². The number of aromatic hydroxyl groups is 1. The van der Waals surface area contributed by atoms with E-state index in [1.807, 2.05) is 37.3 Å². The van der Waals surface area contributed by atoms with Crippen molar-refractivity contribution in [1.82, 2.24) is 0 Å². The lowest BCUT2D eigenvalue weighted by Crippen LogP contribution is -2.42. The van der Waals surface area contributed by atoms with Crippen LogP contribution < -0.4 is 9.64 Å². The molecule has 0 radical (unpaired) electrons. The van der Waals surface area contributed by atoms with E-state index in [1.54, 1.807) is 24.3 Å². The van der Waals surface area contributed by atoms with Gasteiger partial charge in [-0.05, 0) is 78.1 Å². The van der Waals surface area contributed by atoms with Gasteiger partial charge in [0.25, 0.3) is 0 Å².